The van der Waals surface area contributed by atoms with E-state index in [0.29, 0.717) is 18.0 Å². The van der Waals surface area contributed by atoms with Crippen molar-refractivity contribution in [1.82, 2.24) is 9.88 Å². The van der Waals surface area contributed by atoms with Crippen LogP contribution in [-0.2, 0) is 6.54 Å². The van der Waals surface area contributed by atoms with Crippen molar-refractivity contribution < 1.29 is 4.79 Å². The van der Waals surface area contributed by atoms with Crippen molar-refractivity contribution in [2.75, 3.05) is 13.6 Å². The number of aromatic nitrogens is 1. The molecule has 0 unspecified atom stereocenters. The maximum absolute atomic E-state index is 12.1. The number of amides is 1. The summed E-state index contributed by atoms with van der Waals surface area (Å²) in [5.74, 6) is 5.76. The van der Waals surface area contributed by atoms with Crippen LogP contribution >= 0.6 is 11.3 Å². The second-order valence-corrected chi connectivity index (χ2v) is 5.12. The van der Waals surface area contributed by atoms with Crippen LogP contribution in [0, 0.1) is 11.8 Å². The number of hydrogen-bond donors (Lipinski definition) is 1. The average molecular weight is 285 g/mol. The second-order valence-electron chi connectivity index (χ2n) is 4.23. The molecular weight excluding hydrogens is 270 g/mol. The highest BCUT2D eigenvalue weighted by atomic mass is 32.1. The van der Waals surface area contributed by atoms with Crippen LogP contribution in [0.3, 0.4) is 0 Å². The Morgan fingerprint density at radius 1 is 1.40 bits per heavy atom. The summed E-state index contributed by atoms with van der Waals surface area (Å²) >= 11 is 1.35. The van der Waals surface area contributed by atoms with Crippen LogP contribution < -0.4 is 5.73 Å². The monoisotopic (exact) mass is 285 g/mol. The summed E-state index contributed by atoms with van der Waals surface area (Å²) in [6, 6.07) is 7.81. The molecular formula is C15H15N3OS. The molecule has 0 spiro atoms. The van der Waals surface area contributed by atoms with Crippen molar-refractivity contribution >= 4 is 17.2 Å². The fourth-order valence-corrected chi connectivity index (χ4v) is 2.32. The van der Waals surface area contributed by atoms with E-state index in [-0.39, 0.29) is 5.91 Å². The molecule has 0 saturated carbocycles. The van der Waals surface area contributed by atoms with Crippen LogP contribution in [0.15, 0.2) is 36.0 Å². The van der Waals surface area contributed by atoms with Crippen molar-refractivity contribution in [3.8, 4) is 11.8 Å². The van der Waals surface area contributed by atoms with E-state index >= 15 is 0 Å². The van der Waals surface area contributed by atoms with E-state index < -0.39 is 0 Å². The zero-order valence-electron chi connectivity index (χ0n) is 11.2. The highest BCUT2D eigenvalue weighted by Gasteiger charge is 2.13. The maximum atomic E-state index is 12.1. The lowest BCUT2D eigenvalue weighted by molar-refractivity contribution is 0.0789. The summed E-state index contributed by atoms with van der Waals surface area (Å²) < 4.78 is 0. The highest BCUT2D eigenvalue weighted by molar-refractivity contribution is 7.11. The molecule has 0 bridgehead atoms. The minimum absolute atomic E-state index is 0.0144. The third kappa shape index (κ3) is 3.67. The summed E-state index contributed by atoms with van der Waals surface area (Å²) in [5.41, 5.74) is 8.97. The third-order valence-corrected chi connectivity index (χ3v) is 3.46. The van der Waals surface area contributed by atoms with Gasteiger partial charge in [-0.15, -0.1) is 11.3 Å². The predicted octanol–water partition coefficient (Wildman–Crippen LogP) is 1.73. The molecule has 0 fully saturated rings. The first-order valence-corrected chi connectivity index (χ1v) is 7.00. The van der Waals surface area contributed by atoms with Gasteiger partial charge in [0.2, 0.25) is 0 Å². The van der Waals surface area contributed by atoms with E-state index in [1.807, 2.05) is 24.3 Å². The van der Waals surface area contributed by atoms with Crippen LogP contribution in [0.5, 0.6) is 0 Å². The van der Waals surface area contributed by atoms with Gasteiger partial charge in [-0.1, -0.05) is 24.0 Å². The number of thiazole rings is 1. The van der Waals surface area contributed by atoms with Crippen LogP contribution in [0.4, 0.5) is 0 Å². The van der Waals surface area contributed by atoms with Crippen molar-refractivity contribution in [2.24, 2.45) is 5.73 Å². The summed E-state index contributed by atoms with van der Waals surface area (Å²) in [6.07, 6.45) is 1.59. The lowest BCUT2D eigenvalue weighted by Gasteiger charge is -2.16. The van der Waals surface area contributed by atoms with Gasteiger partial charge in [0.1, 0.15) is 4.88 Å². The molecule has 0 aliphatic heterocycles. The Labute approximate surface area is 122 Å². The Bertz CT molecular complexity index is 623. The molecule has 2 N–H and O–H groups in total. The Balaban J connectivity index is 2.01. The molecule has 0 atom stereocenters. The number of rotatable bonds is 3. The van der Waals surface area contributed by atoms with Gasteiger partial charge in [-0.2, -0.15) is 0 Å². The number of carbonyl (C=O) groups excluding carboxylic acids is 1. The Morgan fingerprint density at radius 2 is 2.15 bits per heavy atom. The van der Waals surface area contributed by atoms with E-state index in [4.69, 9.17) is 5.73 Å². The summed E-state index contributed by atoms with van der Waals surface area (Å²) in [5, 5.41) is 0. The second kappa shape index (κ2) is 6.85. The Morgan fingerprint density at radius 3 is 2.75 bits per heavy atom. The maximum Gasteiger partial charge on any atom is 0.265 e. The minimum Gasteiger partial charge on any atom is -0.337 e. The lowest BCUT2D eigenvalue weighted by Crippen LogP contribution is -2.25. The molecule has 0 aliphatic rings. The fourth-order valence-electron chi connectivity index (χ4n) is 1.70. The largest absolute Gasteiger partial charge is 0.337 e. The Hall–Kier alpha value is -2.16. The van der Waals surface area contributed by atoms with Gasteiger partial charge in [0.25, 0.3) is 5.91 Å². The molecule has 2 aromatic rings. The predicted molar refractivity (Wildman–Crippen MR) is 80.3 cm³/mol. The molecule has 5 heteroatoms. The van der Waals surface area contributed by atoms with E-state index in [2.05, 4.69) is 16.8 Å². The highest BCUT2D eigenvalue weighted by Crippen LogP contribution is 2.12. The molecule has 0 radical (unpaired) electrons. The van der Waals surface area contributed by atoms with Crippen molar-refractivity contribution in [3.05, 3.63) is 52.0 Å². The van der Waals surface area contributed by atoms with Gasteiger partial charge in [0, 0.05) is 19.2 Å². The van der Waals surface area contributed by atoms with E-state index in [1.54, 1.807) is 23.7 Å². The van der Waals surface area contributed by atoms with Gasteiger partial charge >= 0.3 is 0 Å². The van der Waals surface area contributed by atoms with E-state index in [0.717, 1.165) is 11.1 Å². The quantitative estimate of drug-likeness (QED) is 0.874. The van der Waals surface area contributed by atoms with Gasteiger partial charge in [0.05, 0.1) is 18.3 Å². The molecule has 1 aromatic heterocycles. The zero-order chi connectivity index (χ0) is 14.4. The minimum atomic E-state index is -0.0144. The van der Waals surface area contributed by atoms with Crippen molar-refractivity contribution in [2.45, 2.75) is 6.54 Å². The number of benzene rings is 1. The third-order valence-electron chi connectivity index (χ3n) is 2.70. The summed E-state index contributed by atoms with van der Waals surface area (Å²) in [4.78, 5) is 18.3. The van der Waals surface area contributed by atoms with Crippen LogP contribution in [0.2, 0.25) is 0 Å². The number of carbonyl (C=O) groups is 1. The number of hydrogen-bond acceptors (Lipinski definition) is 4. The molecule has 4 nitrogen and oxygen atoms in total. The van der Waals surface area contributed by atoms with Gasteiger partial charge in [0.15, 0.2) is 0 Å². The first-order chi connectivity index (χ1) is 9.70. The van der Waals surface area contributed by atoms with Gasteiger partial charge in [-0.05, 0) is 17.7 Å². The first-order valence-electron chi connectivity index (χ1n) is 6.12. The van der Waals surface area contributed by atoms with Crippen LogP contribution in [-0.4, -0.2) is 29.4 Å². The molecule has 0 aliphatic carbocycles. The molecule has 2 rings (SSSR count). The van der Waals surface area contributed by atoms with Gasteiger partial charge in [-0.25, -0.2) is 0 Å². The average Bonchev–Trinajstić information content (AvgIpc) is 3.00. The molecule has 20 heavy (non-hydrogen) atoms. The first kappa shape index (κ1) is 14.3. The normalized spacial score (nSPS) is 9.70. The summed E-state index contributed by atoms with van der Waals surface area (Å²) in [7, 11) is 1.78. The van der Waals surface area contributed by atoms with E-state index in [9.17, 15) is 4.79 Å². The molecule has 1 heterocycles. The molecule has 1 amide bonds. The van der Waals surface area contributed by atoms with Crippen LogP contribution in [0.1, 0.15) is 20.8 Å². The molecule has 102 valence electrons. The molecule has 0 saturated heterocycles. The molecule has 1 aromatic carbocycles. The fraction of sp³-hybridized carbons (Fsp3) is 0.200. The van der Waals surface area contributed by atoms with Gasteiger partial charge in [-0.3, -0.25) is 9.78 Å². The standard InChI is InChI=1S/C15H15N3OS/c1-18(15(19)14-9-17-11-20-14)10-13-6-4-12(5-7-13)3-2-8-16/h4-7,9,11H,8,10,16H2,1H3. The number of nitrogens with zero attached hydrogens (tertiary/aromatic N) is 2. The SMILES string of the molecule is CN(Cc1ccc(C#CCN)cc1)C(=O)c1cncs1. The lowest BCUT2D eigenvalue weighted by atomic mass is 10.1. The zero-order valence-corrected chi connectivity index (χ0v) is 12.0. The van der Waals surface area contributed by atoms with Gasteiger partial charge < -0.3 is 10.6 Å². The summed E-state index contributed by atoms with van der Waals surface area (Å²) in [6.45, 7) is 0.912. The smallest absolute Gasteiger partial charge is 0.265 e. The topological polar surface area (TPSA) is 59.2 Å². The van der Waals surface area contributed by atoms with Crippen LogP contribution in [0.25, 0.3) is 0 Å². The number of nitrogens with two attached hydrogens (primary N) is 1. The van der Waals surface area contributed by atoms with E-state index in [1.165, 1.54) is 11.3 Å². The Kier molecular flexibility index (Phi) is 4.88. The van der Waals surface area contributed by atoms with Crippen molar-refractivity contribution in [3.63, 3.8) is 0 Å². The van der Waals surface area contributed by atoms with Crippen molar-refractivity contribution in [1.29, 1.82) is 0 Å².